The van der Waals surface area contributed by atoms with Crippen LogP contribution in [0.2, 0.25) is 0 Å². The van der Waals surface area contributed by atoms with Gasteiger partial charge in [0.05, 0.1) is 0 Å². The Kier molecular flexibility index (Phi) is 1.89. The summed E-state index contributed by atoms with van der Waals surface area (Å²) in [4.78, 5) is 14.2. The fourth-order valence-electron chi connectivity index (χ4n) is 3.30. The first-order chi connectivity index (χ1) is 7.57. The predicted molar refractivity (Wildman–Crippen MR) is 63.1 cm³/mol. The van der Waals surface area contributed by atoms with Crippen LogP contribution in [0.3, 0.4) is 0 Å². The van der Waals surface area contributed by atoms with Crippen molar-refractivity contribution in [3.63, 3.8) is 0 Å². The summed E-state index contributed by atoms with van der Waals surface area (Å²) in [5.74, 6) is 0.490. The van der Waals surface area contributed by atoms with E-state index in [1.807, 2.05) is 6.07 Å². The van der Waals surface area contributed by atoms with Gasteiger partial charge >= 0.3 is 0 Å². The topological polar surface area (TPSA) is 58.9 Å². The van der Waals surface area contributed by atoms with Crippen molar-refractivity contribution in [1.82, 2.24) is 4.98 Å². The molecule has 0 aliphatic heterocycles. The molecule has 2 atom stereocenters. The molecule has 2 bridgehead atoms. The van der Waals surface area contributed by atoms with E-state index in [-0.39, 0.29) is 11.1 Å². The highest BCUT2D eigenvalue weighted by atomic mass is 16.1. The lowest BCUT2D eigenvalue weighted by molar-refractivity contribution is 0.299. The molecule has 0 saturated heterocycles. The number of nitrogens with one attached hydrogen (secondary N) is 1. The zero-order valence-corrected chi connectivity index (χ0v) is 9.42. The summed E-state index contributed by atoms with van der Waals surface area (Å²) in [7, 11) is 0. The monoisotopic (exact) mass is 216 g/mol. The summed E-state index contributed by atoms with van der Waals surface area (Å²) in [6.07, 6.45) is 5.13. The van der Waals surface area contributed by atoms with E-state index in [2.05, 4.69) is 18.0 Å². The van der Waals surface area contributed by atoms with Crippen LogP contribution in [-0.4, -0.2) is 4.98 Å². The number of aromatic nitrogens is 1. The first kappa shape index (κ1) is 9.85. The molecule has 1 aromatic rings. The number of allylic oxidation sites excluding steroid dienone is 1. The number of pyridine rings is 1. The summed E-state index contributed by atoms with van der Waals surface area (Å²) in [5, 5.41) is 0. The van der Waals surface area contributed by atoms with Crippen molar-refractivity contribution < 1.29 is 0 Å². The van der Waals surface area contributed by atoms with E-state index >= 15 is 0 Å². The summed E-state index contributed by atoms with van der Waals surface area (Å²) in [6, 6.07) is 3.49. The third-order valence-corrected chi connectivity index (χ3v) is 3.74. The minimum atomic E-state index is -0.263. The van der Waals surface area contributed by atoms with Gasteiger partial charge in [0, 0.05) is 17.3 Å². The number of H-pyrrole nitrogens is 1. The van der Waals surface area contributed by atoms with E-state index in [0.29, 0.717) is 5.92 Å². The van der Waals surface area contributed by atoms with Crippen molar-refractivity contribution in [3.05, 3.63) is 45.4 Å². The molecule has 0 saturated carbocycles. The Bertz CT molecular complexity index is 529. The van der Waals surface area contributed by atoms with Gasteiger partial charge in [-0.2, -0.15) is 0 Å². The summed E-state index contributed by atoms with van der Waals surface area (Å²) < 4.78 is 0. The van der Waals surface area contributed by atoms with Crippen molar-refractivity contribution in [3.8, 4) is 0 Å². The van der Waals surface area contributed by atoms with Crippen LogP contribution < -0.4 is 11.3 Å². The van der Waals surface area contributed by atoms with Crippen LogP contribution in [0.1, 0.15) is 31.0 Å². The van der Waals surface area contributed by atoms with Crippen molar-refractivity contribution in [2.75, 3.05) is 0 Å². The fraction of sp³-hybridized carbons (Fsp3) is 0.462. The largest absolute Gasteiger partial charge is 0.326 e. The third kappa shape index (κ3) is 1.35. The Morgan fingerprint density at radius 1 is 1.50 bits per heavy atom. The van der Waals surface area contributed by atoms with Crippen molar-refractivity contribution in [2.45, 2.75) is 31.7 Å². The molecule has 1 heterocycles. The number of fused-ring (bicyclic) bond motifs is 4. The second-order valence-electron chi connectivity index (χ2n) is 5.23. The predicted octanol–water partition coefficient (Wildman–Crippen LogP) is 1.44. The Morgan fingerprint density at radius 3 is 3.12 bits per heavy atom. The SMILES string of the molecule is CC1=CC2Cc3[nH]c(=O)ccc3C(N)(C1)C2. The van der Waals surface area contributed by atoms with E-state index in [9.17, 15) is 4.79 Å². The standard InChI is InChI=1S/C13H16N2O/c1-8-4-9-5-11-10(2-3-12(16)15-11)13(14,6-8)7-9/h2-4,9H,5-7,14H2,1H3,(H,15,16). The lowest BCUT2D eigenvalue weighted by Crippen LogP contribution is -2.46. The molecular formula is C13H16N2O. The Morgan fingerprint density at radius 2 is 2.31 bits per heavy atom. The normalized spacial score (nSPS) is 31.9. The third-order valence-electron chi connectivity index (χ3n) is 3.74. The molecule has 0 radical (unpaired) electrons. The maximum atomic E-state index is 11.3. The Labute approximate surface area is 94.4 Å². The van der Waals surface area contributed by atoms with E-state index in [0.717, 1.165) is 30.5 Å². The second-order valence-corrected chi connectivity index (χ2v) is 5.23. The van der Waals surface area contributed by atoms with E-state index in [1.165, 1.54) is 5.57 Å². The van der Waals surface area contributed by atoms with Gasteiger partial charge in [0.2, 0.25) is 5.56 Å². The van der Waals surface area contributed by atoms with Crippen LogP contribution in [0.5, 0.6) is 0 Å². The second kappa shape index (κ2) is 3.08. The van der Waals surface area contributed by atoms with Crippen LogP contribution in [0.25, 0.3) is 0 Å². The molecule has 1 aromatic heterocycles. The summed E-state index contributed by atoms with van der Waals surface area (Å²) >= 11 is 0. The molecule has 2 unspecified atom stereocenters. The zero-order chi connectivity index (χ0) is 11.3. The molecule has 84 valence electrons. The van der Waals surface area contributed by atoms with E-state index in [1.54, 1.807) is 6.07 Å². The molecule has 3 N–H and O–H groups in total. The molecule has 3 nitrogen and oxygen atoms in total. The number of aromatic amines is 1. The van der Waals surface area contributed by atoms with Crippen molar-refractivity contribution >= 4 is 0 Å². The molecule has 0 aromatic carbocycles. The van der Waals surface area contributed by atoms with Crippen LogP contribution >= 0.6 is 0 Å². The molecule has 0 spiro atoms. The van der Waals surface area contributed by atoms with Gasteiger partial charge in [-0.25, -0.2) is 0 Å². The van der Waals surface area contributed by atoms with Crippen molar-refractivity contribution in [1.29, 1.82) is 0 Å². The van der Waals surface area contributed by atoms with Gasteiger partial charge in [-0.15, -0.1) is 0 Å². The Balaban J connectivity index is 2.19. The maximum Gasteiger partial charge on any atom is 0.248 e. The minimum Gasteiger partial charge on any atom is -0.326 e. The molecule has 3 heteroatoms. The molecule has 2 aliphatic carbocycles. The number of rotatable bonds is 0. The highest BCUT2D eigenvalue weighted by molar-refractivity contribution is 5.36. The average Bonchev–Trinajstić information content (AvgIpc) is 2.14. The van der Waals surface area contributed by atoms with Gasteiger partial charge in [0.15, 0.2) is 0 Å². The van der Waals surface area contributed by atoms with Gasteiger partial charge in [0.25, 0.3) is 0 Å². The van der Waals surface area contributed by atoms with E-state index in [4.69, 9.17) is 5.73 Å². The van der Waals surface area contributed by atoms with Crippen LogP contribution in [-0.2, 0) is 12.0 Å². The highest BCUT2D eigenvalue weighted by Gasteiger charge is 2.39. The highest BCUT2D eigenvalue weighted by Crippen LogP contribution is 2.43. The first-order valence-corrected chi connectivity index (χ1v) is 5.76. The minimum absolute atomic E-state index is 0.0250. The summed E-state index contributed by atoms with van der Waals surface area (Å²) in [5.41, 5.74) is 9.74. The first-order valence-electron chi connectivity index (χ1n) is 5.76. The quantitative estimate of drug-likeness (QED) is 0.645. The molecular weight excluding hydrogens is 200 g/mol. The lowest BCUT2D eigenvalue weighted by Gasteiger charge is -2.42. The smallest absolute Gasteiger partial charge is 0.248 e. The van der Waals surface area contributed by atoms with Gasteiger partial charge in [-0.1, -0.05) is 11.6 Å². The summed E-state index contributed by atoms with van der Waals surface area (Å²) in [6.45, 7) is 2.14. The lowest BCUT2D eigenvalue weighted by atomic mass is 9.67. The Hall–Kier alpha value is -1.35. The maximum absolute atomic E-state index is 11.3. The zero-order valence-electron chi connectivity index (χ0n) is 9.42. The fourth-order valence-corrected chi connectivity index (χ4v) is 3.30. The number of hydrogen-bond acceptors (Lipinski definition) is 2. The van der Waals surface area contributed by atoms with E-state index < -0.39 is 0 Å². The van der Waals surface area contributed by atoms with Crippen molar-refractivity contribution in [2.24, 2.45) is 11.7 Å². The van der Waals surface area contributed by atoms with Crippen LogP contribution in [0.15, 0.2) is 28.6 Å². The molecule has 0 fully saturated rings. The van der Waals surface area contributed by atoms with Crippen LogP contribution in [0, 0.1) is 5.92 Å². The van der Waals surface area contributed by atoms with Gasteiger partial charge in [-0.3, -0.25) is 4.79 Å². The molecule has 0 amide bonds. The average molecular weight is 216 g/mol. The molecule has 16 heavy (non-hydrogen) atoms. The molecule has 3 rings (SSSR count). The number of hydrogen-bond donors (Lipinski definition) is 2. The molecule has 2 aliphatic rings. The van der Waals surface area contributed by atoms with Gasteiger partial charge in [0.1, 0.15) is 0 Å². The van der Waals surface area contributed by atoms with Crippen LogP contribution in [0.4, 0.5) is 0 Å². The number of nitrogens with two attached hydrogens (primary N) is 1. The van der Waals surface area contributed by atoms with Gasteiger partial charge in [-0.05, 0) is 43.7 Å². The van der Waals surface area contributed by atoms with Gasteiger partial charge < -0.3 is 10.7 Å².